The molecule has 0 unspecified atom stereocenters. The first kappa shape index (κ1) is 22.2. The molecule has 1 N–H and O–H groups in total. The van der Waals surface area contributed by atoms with Crippen LogP contribution >= 0.6 is 0 Å². The highest BCUT2D eigenvalue weighted by Gasteiger charge is 2.29. The highest BCUT2D eigenvalue weighted by atomic mass is 16.6. The van der Waals surface area contributed by atoms with Gasteiger partial charge < -0.3 is 19.5 Å². The molecule has 1 heterocycles. The molecule has 0 fully saturated rings. The predicted molar refractivity (Wildman–Crippen MR) is 98.2 cm³/mol. The Morgan fingerprint density at radius 3 is 2.26 bits per heavy atom. The average Bonchev–Trinajstić information content (AvgIpc) is 2.50. The molecule has 8 heteroatoms. The highest BCUT2D eigenvalue weighted by Crippen LogP contribution is 2.19. The second-order valence-electron chi connectivity index (χ2n) is 7.94. The first-order valence-electron chi connectivity index (χ1n) is 8.50. The van der Waals surface area contributed by atoms with E-state index in [0.717, 1.165) is 0 Å². The third-order valence-corrected chi connectivity index (χ3v) is 3.06. The molecule has 27 heavy (non-hydrogen) atoms. The van der Waals surface area contributed by atoms with E-state index < -0.39 is 29.3 Å². The minimum Gasteiger partial charge on any atom is -0.494 e. The van der Waals surface area contributed by atoms with Crippen molar-refractivity contribution in [2.24, 2.45) is 0 Å². The maximum atomic E-state index is 12.5. The molecule has 148 valence electrons. The normalized spacial score (nSPS) is 12.5. The lowest BCUT2D eigenvalue weighted by Gasteiger charge is -2.26. The molecule has 1 aromatic rings. The van der Waals surface area contributed by atoms with Crippen LogP contribution in [0.1, 0.15) is 52.8 Å². The Hall–Kier alpha value is -2.82. The number of nitriles is 1. The molecular formula is C19H27N3O5. The Labute approximate surface area is 159 Å². The number of nitrogens with one attached hydrogen (secondary N) is 1. The van der Waals surface area contributed by atoms with E-state index in [1.165, 1.54) is 13.3 Å². The van der Waals surface area contributed by atoms with Crippen molar-refractivity contribution in [3.8, 4) is 11.8 Å². The Kier molecular flexibility index (Phi) is 7.17. The molecule has 1 atom stereocenters. The zero-order valence-corrected chi connectivity index (χ0v) is 16.9. The number of carbonyl (C=O) groups is 2. The van der Waals surface area contributed by atoms with Crippen LogP contribution in [0.3, 0.4) is 0 Å². The van der Waals surface area contributed by atoms with E-state index in [1.54, 1.807) is 47.6 Å². The summed E-state index contributed by atoms with van der Waals surface area (Å²) in [5.41, 5.74) is -0.694. The van der Waals surface area contributed by atoms with Crippen LogP contribution in [0.4, 0.5) is 4.79 Å². The fourth-order valence-electron chi connectivity index (χ4n) is 2.09. The van der Waals surface area contributed by atoms with Crippen LogP contribution in [-0.2, 0) is 20.7 Å². The molecule has 1 amide bonds. The molecule has 1 rings (SSSR count). The Bertz CT molecular complexity index is 726. The van der Waals surface area contributed by atoms with Gasteiger partial charge in [-0.3, -0.25) is 0 Å². The second kappa shape index (κ2) is 8.71. The van der Waals surface area contributed by atoms with Crippen LogP contribution in [0.25, 0.3) is 0 Å². The Morgan fingerprint density at radius 1 is 1.19 bits per heavy atom. The number of aromatic nitrogens is 1. The fraction of sp³-hybridized carbons (Fsp3) is 0.579. The van der Waals surface area contributed by atoms with Gasteiger partial charge in [-0.2, -0.15) is 5.26 Å². The number of rotatable bonds is 5. The van der Waals surface area contributed by atoms with E-state index in [2.05, 4.69) is 10.3 Å². The van der Waals surface area contributed by atoms with Gasteiger partial charge in [0.2, 0.25) is 0 Å². The molecule has 1 aromatic heterocycles. The van der Waals surface area contributed by atoms with Crippen molar-refractivity contribution >= 4 is 12.1 Å². The van der Waals surface area contributed by atoms with Gasteiger partial charge in [0.1, 0.15) is 23.3 Å². The lowest BCUT2D eigenvalue weighted by molar-refractivity contribution is -0.157. The lowest BCUT2D eigenvalue weighted by Crippen LogP contribution is -2.47. The monoisotopic (exact) mass is 377 g/mol. The van der Waals surface area contributed by atoms with Crippen LogP contribution in [0.5, 0.6) is 5.75 Å². The van der Waals surface area contributed by atoms with Crippen LogP contribution in [0.15, 0.2) is 12.3 Å². The smallest absolute Gasteiger partial charge is 0.408 e. The van der Waals surface area contributed by atoms with Crippen molar-refractivity contribution in [3.05, 3.63) is 23.5 Å². The molecule has 0 bridgehead atoms. The molecule has 0 spiro atoms. The van der Waals surface area contributed by atoms with Crippen LogP contribution in [0.2, 0.25) is 0 Å². The molecule has 0 aliphatic heterocycles. The maximum absolute atomic E-state index is 12.5. The molecule has 0 aliphatic carbocycles. The number of ether oxygens (including phenoxy) is 3. The van der Waals surface area contributed by atoms with Crippen molar-refractivity contribution in [2.45, 2.75) is 65.2 Å². The van der Waals surface area contributed by atoms with Gasteiger partial charge in [0.15, 0.2) is 11.4 Å². The van der Waals surface area contributed by atoms with Gasteiger partial charge in [-0.1, -0.05) is 0 Å². The summed E-state index contributed by atoms with van der Waals surface area (Å²) in [6.45, 7) is 10.4. The van der Waals surface area contributed by atoms with E-state index in [9.17, 15) is 9.59 Å². The molecular weight excluding hydrogens is 350 g/mol. The van der Waals surface area contributed by atoms with Gasteiger partial charge in [0, 0.05) is 12.6 Å². The van der Waals surface area contributed by atoms with Gasteiger partial charge in [0.25, 0.3) is 0 Å². The summed E-state index contributed by atoms with van der Waals surface area (Å²) in [5.74, 6) is -0.313. The van der Waals surface area contributed by atoms with E-state index in [4.69, 9.17) is 19.5 Å². The minimum atomic E-state index is -0.987. The third-order valence-electron chi connectivity index (χ3n) is 3.06. The van der Waals surface area contributed by atoms with Gasteiger partial charge >= 0.3 is 12.1 Å². The molecule has 0 aliphatic rings. The van der Waals surface area contributed by atoms with Crippen molar-refractivity contribution in [3.63, 3.8) is 0 Å². The molecule has 8 nitrogen and oxygen atoms in total. The van der Waals surface area contributed by atoms with Crippen molar-refractivity contribution in [2.75, 3.05) is 7.11 Å². The van der Waals surface area contributed by atoms with Gasteiger partial charge in [-0.15, -0.1) is 0 Å². The fourth-order valence-corrected chi connectivity index (χ4v) is 2.09. The maximum Gasteiger partial charge on any atom is 0.408 e. The predicted octanol–water partition coefficient (Wildman–Crippen LogP) is 2.74. The van der Waals surface area contributed by atoms with Crippen LogP contribution < -0.4 is 10.1 Å². The van der Waals surface area contributed by atoms with Crippen molar-refractivity contribution in [1.29, 1.82) is 5.26 Å². The highest BCUT2D eigenvalue weighted by molar-refractivity contribution is 5.82. The van der Waals surface area contributed by atoms with E-state index in [1.807, 2.05) is 6.07 Å². The van der Waals surface area contributed by atoms with Gasteiger partial charge in [-0.25, -0.2) is 14.6 Å². The number of hydrogen-bond donors (Lipinski definition) is 1. The van der Waals surface area contributed by atoms with E-state index in [-0.39, 0.29) is 17.9 Å². The van der Waals surface area contributed by atoms with E-state index in [0.29, 0.717) is 5.56 Å². The standard InChI is InChI=1S/C19H27N3O5/c1-18(2,3)26-16(23)13(22-17(24)27-19(4,5)6)8-12-9-15(25-7)14(10-20)21-11-12/h9,11,13H,8H2,1-7H3,(H,22,24)/t13-/m0/s1. The quantitative estimate of drug-likeness (QED) is 0.785. The summed E-state index contributed by atoms with van der Waals surface area (Å²) in [7, 11) is 1.42. The first-order valence-corrected chi connectivity index (χ1v) is 8.50. The summed E-state index contributed by atoms with van der Waals surface area (Å²) in [6, 6.07) is 2.53. The van der Waals surface area contributed by atoms with Crippen molar-refractivity contribution in [1.82, 2.24) is 10.3 Å². The Morgan fingerprint density at radius 2 is 1.78 bits per heavy atom. The molecule has 0 saturated heterocycles. The van der Waals surface area contributed by atoms with Crippen LogP contribution in [0, 0.1) is 11.3 Å². The number of pyridine rings is 1. The average molecular weight is 377 g/mol. The molecule has 0 saturated carbocycles. The molecule has 0 aromatic carbocycles. The summed E-state index contributed by atoms with van der Waals surface area (Å²) in [5, 5.41) is 11.6. The number of alkyl carbamates (subject to hydrolysis) is 1. The van der Waals surface area contributed by atoms with Gasteiger partial charge in [-0.05, 0) is 53.2 Å². The zero-order valence-electron chi connectivity index (χ0n) is 16.9. The summed E-state index contributed by atoms with van der Waals surface area (Å²) in [6.07, 6.45) is 0.824. The Balaban J connectivity index is 3.05. The SMILES string of the molecule is COc1cc(C[C@H](NC(=O)OC(C)(C)C)C(=O)OC(C)(C)C)cnc1C#N. The zero-order chi connectivity index (χ0) is 20.8. The summed E-state index contributed by atoms with van der Waals surface area (Å²) in [4.78, 5) is 28.7. The number of methoxy groups -OCH3 is 1. The van der Waals surface area contributed by atoms with Gasteiger partial charge in [0.05, 0.1) is 7.11 Å². The number of esters is 1. The number of carbonyl (C=O) groups excluding carboxylic acids is 2. The van der Waals surface area contributed by atoms with Crippen molar-refractivity contribution < 1.29 is 23.8 Å². The second-order valence-corrected chi connectivity index (χ2v) is 7.94. The largest absolute Gasteiger partial charge is 0.494 e. The number of nitrogens with zero attached hydrogens (tertiary/aromatic N) is 2. The summed E-state index contributed by atoms with van der Waals surface area (Å²) >= 11 is 0. The number of hydrogen-bond acceptors (Lipinski definition) is 7. The van der Waals surface area contributed by atoms with Crippen LogP contribution in [-0.4, -0.2) is 41.4 Å². The topological polar surface area (TPSA) is 111 Å². The lowest BCUT2D eigenvalue weighted by atomic mass is 10.1. The first-order chi connectivity index (χ1) is 12.3. The van der Waals surface area contributed by atoms with E-state index >= 15 is 0 Å². The number of amides is 1. The summed E-state index contributed by atoms with van der Waals surface area (Å²) < 4.78 is 15.8. The molecule has 0 radical (unpaired) electrons. The third kappa shape index (κ3) is 7.94. The minimum absolute atomic E-state index is 0.100.